The summed E-state index contributed by atoms with van der Waals surface area (Å²) in [7, 11) is 0. The van der Waals surface area contributed by atoms with Gasteiger partial charge in [0.05, 0.1) is 4.47 Å². The van der Waals surface area contributed by atoms with Crippen LogP contribution in [0.25, 0.3) is 0 Å². The lowest BCUT2D eigenvalue weighted by Gasteiger charge is -2.29. The van der Waals surface area contributed by atoms with Gasteiger partial charge in [-0.1, -0.05) is 25.8 Å². The molecule has 2 N–H and O–H groups in total. The largest absolute Gasteiger partial charge is 0.330 e. The van der Waals surface area contributed by atoms with Crippen LogP contribution in [0.4, 0.5) is 4.39 Å². The van der Waals surface area contributed by atoms with E-state index in [1.165, 1.54) is 5.56 Å². The third-order valence-electron chi connectivity index (χ3n) is 4.02. The minimum atomic E-state index is -0.127. The highest BCUT2D eigenvalue weighted by atomic mass is 79.9. The number of nitrogens with two attached hydrogens (primary N) is 1. The molecule has 0 heterocycles. The Kier molecular flexibility index (Phi) is 3.88. The van der Waals surface area contributed by atoms with Gasteiger partial charge in [0.2, 0.25) is 0 Å². The summed E-state index contributed by atoms with van der Waals surface area (Å²) in [6.07, 6.45) is 5.27. The molecule has 0 amide bonds. The summed E-state index contributed by atoms with van der Waals surface area (Å²) < 4.78 is 14.9. The predicted octanol–water partition coefficient (Wildman–Crippen LogP) is 3.92. The van der Waals surface area contributed by atoms with Crippen molar-refractivity contribution in [3.63, 3.8) is 0 Å². The van der Waals surface area contributed by atoms with Crippen LogP contribution in [0.1, 0.15) is 43.7 Å². The highest BCUT2D eigenvalue weighted by molar-refractivity contribution is 9.10. The van der Waals surface area contributed by atoms with Crippen molar-refractivity contribution in [3.05, 3.63) is 33.5 Å². The van der Waals surface area contributed by atoms with Crippen LogP contribution < -0.4 is 5.73 Å². The Labute approximate surface area is 111 Å². The third-order valence-corrected chi connectivity index (χ3v) is 4.60. The zero-order valence-corrected chi connectivity index (χ0v) is 11.8. The maximum atomic E-state index is 14.3. The van der Waals surface area contributed by atoms with Crippen LogP contribution in [0, 0.1) is 5.82 Å². The maximum absolute atomic E-state index is 14.3. The quantitative estimate of drug-likeness (QED) is 0.899. The van der Waals surface area contributed by atoms with Gasteiger partial charge in [0, 0.05) is 12.0 Å². The lowest BCUT2D eigenvalue weighted by molar-refractivity contribution is 0.425. The SMILES string of the molecule is CCc1cc(Br)c(F)c(C2(CN)CCCC2)c1. The van der Waals surface area contributed by atoms with Gasteiger partial charge in [-0.3, -0.25) is 0 Å². The first-order valence-electron chi connectivity index (χ1n) is 6.31. The molecule has 1 saturated carbocycles. The molecule has 0 aliphatic heterocycles. The van der Waals surface area contributed by atoms with Gasteiger partial charge in [0.15, 0.2) is 0 Å². The fourth-order valence-corrected chi connectivity index (χ4v) is 3.38. The molecule has 1 fully saturated rings. The van der Waals surface area contributed by atoms with Crippen molar-refractivity contribution in [2.24, 2.45) is 5.73 Å². The summed E-state index contributed by atoms with van der Waals surface area (Å²) in [5.74, 6) is -0.116. The fraction of sp³-hybridized carbons (Fsp3) is 0.571. The van der Waals surface area contributed by atoms with Crippen molar-refractivity contribution < 1.29 is 4.39 Å². The van der Waals surface area contributed by atoms with Crippen LogP contribution in [-0.4, -0.2) is 6.54 Å². The van der Waals surface area contributed by atoms with E-state index in [9.17, 15) is 4.39 Å². The Morgan fingerprint density at radius 2 is 2.00 bits per heavy atom. The summed E-state index contributed by atoms with van der Waals surface area (Å²) in [5.41, 5.74) is 7.80. The van der Waals surface area contributed by atoms with Crippen molar-refractivity contribution in [3.8, 4) is 0 Å². The van der Waals surface area contributed by atoms with E-state index in [0.29, 0.717) is 11.0 Å². The van der Waals surface area contributed by atoms with E-state index < -0.39 is 0 Å². The van der Waals surface area contributed by atoms with Gasteiger partial charge in [-0.25, -0.2) is 4.39 Å². The molecule has 0 spiro atoms. The average Bonchev–Trinajstić information content (AvgIpc) is 2.82. The molecule has 1 nitrogen and oxygen atoms in total. The molecule has 0 radical (unpaired) electrons. The van der Waals surface area contributed by atoms with Gasteiger partial charge in [-0.2, -0.15) is 0 Å². The molecule has 0 saturated heterocycles. The Hall–Kier alpha value is -0.410. The first-order chi connectivity index (χ1) is 8.13. The summed E-state index contributed by atoms with van der Waals surface area (Å²) in [6.45, 7) is 2.64. The normalized spacial score (nSPS) is 18.6. The lowest BCUT2D eigenvalue weighted by atomic mass is 9.78. The van der Waals surface area contributed by atoms with Crippen molar-refractivity contribution >= 4 is 15.9 Å². The predicted molar refractivity (Wildman–Crippen MR) is 72.7 cm³/mol. The molecular formula is C14H19BrFN. The summed E-state index contributed by atoms with van der Waals surface area (Å²) in [4.78, 5) is 0. The molecule has 1 aliphatic rings. The van der Waals surface area contributed by atoms with E-state index in [2.05, 4.69) is 22.9 Å². The van der Waals surface area contributed by atoms with E-state index >= 15 is 0 Å². The summed E-state index contributed by atoms with van der Waals surface area (Å²) >= 11 is 3.32. The van der Waals surface area contributed by atoms with Gasteiger partial charge in [0.1, 0.15) is 5.82 Å². The lowest BCUT2D eigenvalue weighted by Crippen LogP contribution is -2.33. The van der Waals surface area contributed by atoms with Crippen molar-refractivity contribution in [2.75, 3.05) is 6.54 Å². The fourth-order valence-electron chi connectivity index (χ4n) is 2.87. The molecule has 0 bridgehead atoms. The van der Waals surface area contributed by atoms with E-state index in [-0.39, 0.29) is 11.2 Å². The first-order valence-corrected chi connectivity index (χ1v) is 7.11. The highest BCUT2D eigenvalue weighted by Crippen LogP contribution is 2.42. The Morgan fingerprint density at radius 3 is 2.53 bits per heavy atom. The van der Waals surface area contributed by atoms with Crippen molar-refractivity contribution in [2.45, 2.75) is 44.4 Å². The van der Waals surface area contributed by atoms with Crippen LogP contribution in [-0.2, 0) is 11.8 Å². The zero-order chi connectivity index (χ0) is 12.5. The van der Waals surface area contributed by atoms with Crippen molar-refractivity contribution in [1.82, 2.24) is 0 Å². The van der Waals surface area contributed by atoms with Crippen LogP contribution in [0.15, 0.2) is 16.6 Å². The number of benzene rings is 1. The molecule has 0 aromatic heterocycles. The average molecular weight is 300 g/mol. The Balaban J connectivity index is 2.52. The zero-order valence-electron chi connectivity index (χ0n) is 10.2. The van der Waals surface area contributed by atoms with Crippen LogP contribution in [0.3, 0.4) is 0 Å². The molecule has 2 rings (SSSR count). The number of rotatable bonds is 3. The van der Waals surface area contributed by atoms with Crippen molar-refractivity contribution in [1.29, 1.82) is 0 Å². The smallest absolute Gasteiger partial charge is 0.141 e. The van der Waals surface area contributed by atoms with E-state index in [0.717, 1.165) is 37.7 Å². The monoisotopic (exact) mass is 299 g/mol. The second kappa shape index (κ2) is 5.07. The summed E-state index contributed by atoms with van der Waals surface area (Å²) in [5, 5.41) is 0. The number of aryl methyl sites for hydroxylation is 1. The summed E-state index contributed by atoms with van der Waals surface area (Å²) in [6, 6.07) is 3.89. The van der Waals surface area contributed by atoms with Gasteiger partial charge < -0.3 is 5.73 Å². The van der Waals surface area contributed by atoms with Gasteiger partial charge in [-0.05, 0) is 52.4 Å². The molecule has 0 atom stereocenters. The first kappa shape index (κ1) is 13.0. The van der Waals surface area contributed by atoms with E-state index in [1.807, 2.05) is 12.1 Å². The number of halogens is 2. The number of hydrogen-bond acceptors (Lipinski definition) is 1. The second-order valence-corrected chi connectivity index (χ2v) is 5.84. The van der Waals surface area contributed by atoms with Gasteiger partial charge in [0.25, 0.3) is 0 Å². The van der Waals surface area contributed by atoms with Crippen LogP contribution in [0.5, 0.6) is 0 Å². The molecular weight excluding hydrogens is 281 g/mol. The molecule has 1 aliphatic carbocycles. The third kappa shape index (κ3) is 2.27. The minimum absolute atomic E-state index is 0.116. The molecule has 94 valence electrons. The van der Waals surface area contributed by atoms with Gasteiger partial charge >= 0.3 is 0 Å². The second-order valence-electron chi connectivity index (χ2n) is 4.98. The Morgan fingerprint density at radius 1 is 1.35 bits per heavy atom. The van der Waals surface area contributed by atoms with E-state index in [1.54, 1.807) is 0 Å². The molecule has 1 aromatic carbocycles. The molecule has 3 heteroatoms. The molecule has 1 aromatic rings. The Bertz CT molecular complexity index is 411. The molecule has 17 heavy (non-hydrogen) atoms. The standard InChI is InChI=1S/C14H19BrFN/c1-2-10-7-11(13(16)12(15)8-10)14(9-17)5-3-4-6-14/h7-8H,2-6,9,17H2,1H3. The molecule has 0 unspecified atom stereocenters. The van der Waals surface area contributed by atoms with Crippen LogP contribution in [0.2, 0.25) is 0 Å². The van der Waals surface area contributed by atoms with Gasteiger partial charge in [-0.15, -0.1) is 0 Å². The highest BCUT2D eigenvalue weighted by Gasteiger charge is 2.37. The number of hydrogen-bond donors (Lipinski definition) is 1. The maximum Gasteiger partial charge on any atom is 0.141 e. The van der Waals surface area contributed by atoms with E-state index in [4.69, 9.17) is 5.73 Å². The minimum Gasteiger partial charge on any atom is -0.330 e. The van der Waals surface area contributed by atoms with Crippen LogP contribution >= 0.6 is 15.9 Å². The topological polar surface area (TPSA) is 26.0 Å².